The Morgan fingerprint density at radius 1 is 1.47 bits per heavy atom. The van der Waals surface area contributed by atoms with Gasteiger partial charge in [-0.05, 0) is 24.5 Å². The summed E-state index contributed by atoms with van der Waals surface area (Å²) in [6.07, 6.45) is 0.504. The number of hydrogen-bond donors (Lipinski definition) is 2. The second-order valence-corrected chi connectivity index (χ2v) is 3.76. The first kappa shape index (κ1) is 11.7. The largest absolute Gasteiger partial charge is 0.481 e. The number of aliphatic carboxylic acids is 1. The van der Waals surface area contributed by atoms with Crippen LogP contribution in [0.2, 0.25) is 0 Å². The molecule has 1 atom stereocenters. The van der Waals surface area contributed by atoms with Crippen molar-refractivity contribution in [1.82, 2.24) is 0 Å². The number of carboxylic acids is 1. The first-order chi connectivity index (χ1) is 7.08. The lowest BCUT2D eigenvalue weighted by Gasteiger charge is -2.28. The molecule has 0 saturated heterocycles. The summed E-state index contributed by atoms with van der Waals surface area (Å²) < 4.78 is 0. The van der Waals surface area contributed by atoms with Crippen molar-refractivity contribution in [1.29, 1.82) is 0 Å². The van der Waals surface area contributed by atoms with E-state index in [0.717, 1.165) is 11.1 Å². The van der Waals surface area contributed by atoms with Crippen LogP contribution in [0.15, 0.2) is 24.3 Å². The van der Waals surface area contributed by atoms with Crippen LogP contribution in [0.1, 0.15) is 24.5 Å². The number of hydrogen-bond acceptors (Lipinski definition) is 2. The molecule has 0 aromatic heterocycles. The minimum atomic E-state index is -0.939. The normalized spacial score (nSPS) is 14.6. The molecule has 1 aromatic carbocycles. The van der Waals surface area contributed by atoms with Crippen LogP contribution in [0.4, 0.5) is 0 Å². The van der Waals surface area contributed by atoms with Gasteiger partial charge in [0.15, 0.2) is 0 Å². The summed E-state index contributed by atoms with van der Waals surface area (Å²) in [6, 6.07) is 7.52. The van der Waals surface area contributed by atoms with E-state index in [1.165, 1.54) is 0 Å². The van der Waals surface area contributed by atoms with E-state index < -0.39 is 11.4 Å². The van der Waals surface area contributed by atoms with Crippen LogP contribution in [-0.2, 0) is 10.2 Å². The van der Waals surface area contributed by atoms with Crippen molar-refractivity contribution < 1.29 is 9.90 Å². The van der Waals surface area contributed by atoms with Crippen molar-refractivity contribution in [3.63, 3.8) is 0 Å². The Balaban J connectivity index is 3.33. The van der Waals surface area contributed by atoms with Gasteiger partial charge < -0.3 is 10.8 Å². The SMILES string of the molecule is CCC(CN)(C(=O)O)c1ccccc1C. The number of aryl methyl sites for hydroxylation is 1. The van der Waals surface area contributed by atoms with Gasteiger partial charge in [0.2, 0.25) is 0 Å². The monoisotopic (exact) mass is 207 g/mol. The topological polar surface area (TPSA) is 63.3 Å². The molecule has 0 heterocycles. The van der Waals surface area contributed by atoms with Gasteiger partial charge in [-0.3, -0.25) is 4.79 Å². The van der Waals surface area contributed by atoms with E-state index in [1.54, 1.807) is 0 Å². The maximum absolute atomic E-state index is 11.4. The number of carboxylic acid groups (broad SMARTS) is 1. The van der Waals surface area contributed by atoms with Crippen molar-refractivity contribution in [3.8, 4) is 0 Å². The summed E-state index contributed by atoms with van der Waals surface area (Å²) >= 11 is 0. The molecular weight excluding hydrogens is 190 g/mol. The van der Waals surface area contributed by atoms with Gasteiger partial charge in [0.25, 0.3) is 0 Å². The highest BCUT2D eigenvalue weighted by molar-refractivity contribution is 5.82. The minimum Gasteiger partial charge on any atom is -0.481 e. The fourth-order valence-corrected chi connectivity index (χ4v) is 1.91. The van der Waals surface area contributed by atoms with Gasteiger partial charge in [0.05, 0.1) is 0 Å². The average Bonchev–Trinajstić information content (AvgIpc) is 2.22. The molecule has 15 heavy (non-hydrogen) atoms. The summed E-state index contributed by atoms with van der Waals surface area (Å²) in [4.78, 5) is 11.4. The van der Waals surface area contributed by atoms with Gasteiger partial charge in [0, 0.05) is 6.54 Å². The number of nitrogens with two attached hydrogens (primary N) is 1. The molecule has 0 saturated carbocycles. The second-order valence-electron chi connectivity index (χ2n) is 3.76. The first-order valence-electron chi connectivity index (χ1n) is 5.08. The van der Waals surface area contributed by atoms with E-state index in [2.05, 4.69) is 0 Å². The predicted molar refractivity (Wildman–Crippen MR) is 59.8 cm³/mol. The van der Waals surface area contributed by atoms with Gasteiger partial charge in [-0.15, -0.1) is 0 Å². The zero-order valence-electron chi connectivity index (χ0n) is 9.16. The van der Waals surface area contributed by atoms with Crippen LogP contribution >= 0.6 is 0 Å². The molecule has 3 nitrogen and oxygen atoms in total. The van der Waals surface area contributed by atoms with E-state index in [-0.39, 0.29) is 6.54 Å². The van der Waals surface area contributed by atoms with Crippen LogP contribution < -0.4 is 5.73 Å². The zero-order chi connectivity index (χ0) is 11.5. The predicted octanol–water partition coefficient (Wildman–Crippen LogP) is 1.69. The van der Waals surface area contributed by atoms with E-state index in [4.69, 9.17) is 5.73 Å². The van der Waals surface area contributed by atoms with E-state index in [0.29, 0.717) is 6.42 Å². The molecule has 3 heteroatoms. The molecule has 3 N–H and O–H groups in total. The molecule has 0 spiro atoms. The Labute approximate surface area is 89.9 Å². The number of rotatable bonds is 4. The average molecular weight is 207 g/mol. The van der Waals surface area contributed by atoms with Gasteiger partial charge in [-0.2, -0.15) is 0 Å². The minimum absolute atomic E-state index is 0.129. The van der Waals surface area contributed by atoms with E-state index in [1.807, 2.05) is 38.1 Å². The molecule has 82 valence electrons. The molecule has 0 aliphatic rings. The standard InChI is InChI=1S/C12H17NO2/c1-3-12(8-13,11(14)15)10-7-5-4-6-9(10)2/h4-7H,3,8,13H2,1-2H3,(H,14,15). The molecule has 0 aliphatic heterocycles. The maximum atomic E-state index is 11.4. The van der Waals surface area contributed by atoms with Crippen molar-refractivity contribution in [2.75, 3.05) is 6.54 Å². The lowest BCUT2D eigenvalue weighted by atomic mass is 9.76. The molecule has 1 rings (SSSR count). The highest BCUT2D eigenvalue weighted by atomic mass is 16.4. The summed E-state index contributed by atoms with van der Waals surface area (Å²) in [7, 11) is 0. The summed E-state index contributed by atoms with van der Waals surface area (Å²) in [5, 5.41) is 9.32. The number of benzene rings is 1. The Morgan fingerprint density at radius 3 is 2.47 bits per heavy atom. The summed E-state index contributed by atoms with van der Waals surface area (Å²) in [5.41, 5.74) is 6.50. The molecule has 0 aliphatic carbocycles. The lowest BCUT2D eigenvalue weighted by Crippen LogP contribution is -2.42. The van der Waals surface area contributed by atoms with Gasteiger partial charge in [-0.25, -0.2) is 0 Å². The van der Waals surface area contributed by atoms with Crippen LogP contribution in [0, 0.1) is 6.92 Å². The highest BCUT2D eigenvalue weighted by Gasteiger charge is 2.38. The molecular formula is C12H17NO2. The Kier molecular flexibility index (Phi) is 3.48. The van der Waals surface area contributed by atoms with Crippen LogP contribution in [0.3, 0.4) is 0 Å². The highest BCUT2D eigenvalue weighted by Crippen LogP contribution is 2.29. The summed E-state index contributed by atoms with van der Waals surface area (Å²) in [6.45, 7) is 3.90. The third-order valence-corrected chi connectivity index (χ3v) is 3.02. The molecule has 0 bridgehead atoms. The van der Waals surface area contributed by atoms with Crippen LogP contribution in [0.25, 0.3) is 0 Å². The molecule has 0 amide bonds. The summed E-state index contributed by atoms with van der Waals surface area (Å²) in [5.74, 6) is -0.846. The molecule has 1 unspecified atom stereocenters. The van der Waals surface area contributed by atoms with Crippen LogP contribution in [0.5, 0.6) is 0 Å². The Bertz CT molecular complexity index is 356. The van der Waals surface area contributed by atoms with Gasteiger partial charge in [-0.1, -0.05) is 31.2 Å². The fraction of sp³-hybridized carbons (Fsp3) is 0.417. The van der Waals surface area contributed by atoms with Crippen molar-refractivity contribution >= 4 is 5.97 Å². The lowest BCUT2D eigenvalue weighted by molar-refractivity contribution is -0.143. The Morgan fingerprint density at radius 2 is 2.07 bits per heavy atom. The third-order valence-electron chi connectivity index (χ3n) is 3.02. The maximum Gasteiger partial charge on any atom is 0.315 e. The quantitative estimate of drug-likeness (QED) is 0.789. The molecule has 1 aromatic rings. The Hall–Kier alpha value is -1.35. The van der Waals surface area contributed by atoms with Crippen molar-refractivity contribution in [2.45, 2.75) is 25.7 Å². The number of carbonyl (C=O) groups is 1. The molecule has 0 fully saturated rings. The van der Waals surface area contributed by atoms with Gasteiger partial charge in [0.1, 0.15) is 5.41 Å². The van der Waals surface area contributed by atoms with E-state index in [9.17, 15) is 9.90 Å². The van der Waals surface area contributed by atoms with Gasteiger partial charge >= 0.3 is 5.97 Å². The van der Waals surface area contributed by atoms with Crippen molar-refractivity contribution in [3.05, 3.63) is 35.4 Å². The van der Waals surface area contributed by atoms with Crippen molar-refractivity contribution in [2.24, 2.45) is 5.73 Å². The van der Waals surface area contributed by atoms with Crippen LogP contribution in [-0.4, -0.2) is 17.6 Å². The third kappa shape index (κ3) is 1.88. The van der Waals surface area contributed by atoms with E-state index >= 15 is 0 Å². The first-order valence-corrected chi connectivity index (χ1v) is 5.08. The smallest absolute Gasteiger partial charge is 0.315 e. The molecule has 0 radical (unpaired) electrons. The second kappa shape index (κ2) is 4.45. The fourth-order valence-electron chi connectivity index (χ4n) is 1.91. The zero-order valence-corrected chi connectivity index (χ0v) is 9.16.